The first-order valence-corrected chi connectivity index (χ1v) is 12.7. The molecule has 0 amide bonds. The second kappa shape index (κ2) is 13.4. The molecule has 0 radical (unpaired) electrons. The fourth-order valence-corrected chi connectivity index (χ4v) is 5.05. The van der Waals surface area contributed by atoms with E-state index in [1.165, 1.54) is 0 Å². The van der Waals surface area contributed by atoms with Crippen molar-refractivity contribution in [3.05, 3.63) is 0 Å². The minimum atomic E-state index is -3.35. The predicted octanol–water partition coefficient (Wildman–Crippen LogP) is 0.465. The van der Waals surface area contributed by atoms with Crippen LogP contribution in [0.15, 0.2) is 4.99 Å². The zero-order valence-corrected chi connectivity index (χ0v) is 21.2. The molecule has 9 nitrogen and oxygen atoms in total. The number of likely N-dealkylation sites (tertiary alicyclic amines) is 1. The van der Waals surface area contributed by atoms with Gasteiger partial charge in [0.2, 0.25) is 10.0 Å². The highest BCUT2D eigenvalue weighted by atomic mass is 127. The number of aliphatic imine (C=N–C) groups is 1. The summed E-state index contributed by atoms with van der Waals surface area (Å²) in [7, 11) is -3.35. The van der Waals surface area contributed by atoms with Crippen LogP contribution in [0.1, 0.15) is 32.6 Å². The lowest BCUT2D eigenvalue weighted by Gasteiger charge is -2.32. The highest BCUT2D eigenvalue weighted by Crippen LogP contribution is 2.17. The SMILES string of the molecule is CCNC(=NCCS(=O)(=O)NCC1CCCCO1)N1CCC(N2CCOCC2)C1.I. The van der Waals surface area contributed by atoms with Gasteiger partial charge in [0.15, 0.2) is 5.96 Å². The van der Waals surface area contributed by atoms with Crippen LogP contribution in [0.5, 0.6) is 0 Å². The van der Waals surface area contributed by atoms with Crippen LogP contribution in [-0.2, 0) is 19.5 Å². The van der Waals surface area contributed by atoms with E-state index in [1.807, 2.05) is 6.92 Å². The fourth-order valence-electron chi connectivity index (χ4n) is 4.13. The number of nitrogens with zero attached hydrogens (tertiary/aromatic N) is 3. The second-order valence-electron chi connectivity index (χ2n) is 7.93. The van der Waals surface area contributed by atoms with Gasteiger partial charge in [0, 0.05) is 51.9 Å². The van der Waals surface area contributed by atoms with Gasteiger partial charge < -0.3 is 19.7 Å². The van der Waals surface area contributed by atoms with Gasteiger partial charge in [0.25, 0.3) is 0 Å². The molecule has 3 saturated heterocycles. The zero-order chi connectivity index (χ0) is 20.5. The summed E-state index contributed by atoms with van der Waals surface area (Å²) >= 11 is 0. The van der Waals surface area contributed by atoms with E-state index in [4.69, 9.17) is 9.47 Å². The first kappa shape index (κ1) is 26.0. The van der Waals surface area contributed by atoms with E-state index in [-0.39, 0.29) is 42.4 Å². The van der Waals surface area contributed by atoms with Crippen molar-refractivity contribution in [2.45, 2.75) is 44.8 Å². The molecule has 2 atom stereocenters. The zero-order valence-electron chi connectivity index (χ0n) is 18.1. The predicted molar refractivity (Wildman–Crippen MR) is 129 cm³/mol. The molecule has 0 saturated carbocycles. The summed E-state index contributed by atoms with van der Waals surface area (Å²) in [6.45, 7) is 9.60. The highest BCUT2D eigenvalue weighted by Gasteiger charge is 2.30. The Balaban J connectivity index is 0.00000320. The van der Waals surface area contributed by atoms with Crippen LogP contribution in [0.25, 0.3) is 0 Å². The monoisotopic (exact) mass is 559 g/mol. The van der Waals surface area contributed by atoms with Crippen molar-refractivity contribution in [1.82, 2.24) is 19.8 Å². The summed E-state index contributed by atoms with van der Waals surface area (Å²) in [6.07, 6.45) is 4.19. The number of nitrogens with one attached hydrogen (secondary N) is 2. The molecule has 0 aromatic rings. The average molecular weight is 560 g/mol. The maximum absolute atomic E-state index is 12.3. The Morgan fingerprint density at radius 1 is 1.13 bits per heavy atom. The van der Waals surface area contributed by atoms with Crippen LogP contribution < -0.4 is 10.0 Å². The Morgan fingerprint density at radius 3 is 2.63 bits per heavy atom. The summed E-state index contributed by atoms with van der Waals surface area (Å²) in [5.74, 6) is 0.809. The number of sulfonamides is 1. The molecular formula is C19H38IN5O4S. The highest BCUT2D eigenvalue weighted by molar-refractivity contribution is 14.0. The Bertz CT molecular complexity index is 624. The Labute approximate surface area is 198 Å². The Kier molecular flexibility index (Phi) is 11.6. The van der Waals surface area contributed by atoms with Crippen molar-refractivity contribution in [2.24, 2.45) is 4.99 Å². The van der Waals surface area contributed by atoms with Crippen molar-refractivity contribution >= 4 is 40.0 Å². The van der Waals surface area contributed by atoms with E-state index in [9.17, 15) is 8.42 Å². The van der Waals surface area contributed by atoms with Crippen molar-refractivity contribution in [1.29, 1.82) is 0 Å². The van der Waals surface area contributed by atoms with Crippen molar-refractivity contribution in [3.8, 4) is 0 Å². The van der Waals surface area contributed by atoms with E-state index in [2.05, 4.69) is 24.8 Å². The minimum absolute atomic E-state index is 0. The number of ether oxygens (including phenoxy) is 2. The molecule has 2 N–H and O–H groups in total. The maximum Gasteiger partial charge on any atom is 0.213 e. The first-order valence-electron chi connectivity index (χ1n) is 11.0. The Morgan fingerprint density at radius 2 is 1.93 bits per heavy atom. The van der Waals surface area contributed by atoms with Gasteiger partial charge in [-0.05, 0) is 32.6 Å². The maximum atomic E-state index is 12.3. The molecule has 0 aliphatic carbocycles. The van der Waals surface area contributed by atoms with E-state index < -0.39 is 10.0 Å². The van der Waals surface area contributed by atoms with Crippen molar-refractivity contribution in [3.63, 3.8) is 0 Å². The topological polar surface area (TPSA) is 95.5 Å². The summed E-state index contributed by atoms with van der Waals surface area (Å²) < 4.78 is 38.3. The number of hydrogen-bond acceptors (Lipinski definition) is 6. The third kappa shape index (κ3) is 8.38. The molecule has 176 valence electrons. The third-order valence-corrected chi connectivity index (χ3v) is 7.11. The van der Waals surface area contributed by atoms with Crippen LogP contribution in [-0.4, -0.2) is 108 Å². The lowest BCUT2D eigenvalue weighted by Crippen LogP contribution is -2.46. The third-order valence-electron chi connectivity index (χ3n) is 5.79. The van der Waals surface area contributed by atoms with Crippen molar-refractivity contribution in [2.75, 3.05) is 71.4 Å². The molecule has 3 rings (SSSR count). The smallest absolute Gasteiger partial charge is 0.213 e. The molecule has 3 aliphatic rings. The van der Waals surface area contributed by atoms with Crippen LogP contribution in [0.2, 0.25) is 0 Å². The lowest BCUT2D eigenvalue weighted by atomic mass is 10.1. The van der Waals surface area contributed by atoms with Crippen LogP contribution in [0.4, 0.5) is 0 Å². The molecule has 3 heterocycles. The van der Waals surface area contributed by atoms with Gasteiger partial charge in [-0.1, -0.05) is 0 Å². The molecule has 0 spiro atoms. The van der Waals surface area contributed by atoms with Gasteiger partial charge in [-0.2, -0.15) is 0 Å². The fraction of sp³-hybridized carbons (Fsp3) is 0.947. The van der Waals surface area contributed by atoms with Gasteiger partial charge in [0.05, 0.1) is 31.6 Å². The molecular weight excluding hydrogens is 521 g/mol. The molecule has 0 aromatic carbocycles. The Hall–Kier alpha value is -0.210. The number of morpholine rings is 1. The molecule has 0 bridgehead atoms. The number of guanidine groups is 1. The molecule has 30 heavy (non-hydrogen) atoms. The summed E-state index contributed by atoms with van der Waals surface area (Å²) in [4.78, 5) is 9.34. The van der Waals surface area contributed by atoms with Crippen LogP contribution in [0, 0.1) is 0 Å². The quantitative estimate of drug-likeness (QED) is 0.254. The van der Waals surface area contributed by atoms with Crippen molar-refractivity contribution < 1.29 is 17.9 Å². The number of halogens is 1. The first-order chi connectivity index (χ1) is 14.1. The summed E-state index contributed by atoms with van der Waals surface area (Å²) in [5, 5.41) is 3.32. The largest absolute Gasteiger partial charge is 0.379 e. The molecule has 3 aliphatic heterocycles. The van der Waals surface area contributed by atoms with Gasteiger partial charge >= 0.3 is 0 Å². The van der Waals surface area contributed by atoms with Gasteiger partial charge in [-0.15, -0.1) is 24.0 Å². The van der Waals surface area contributed by atoms with Gasteiger partial charge in [-0.3, -0.25) is 9.89 Å². The molecule has 3 fully saturated rings. The average Bonchev–Trinajstić information content (AvgIpc) is 3.23. The standard InChI is InChI=1S/C19H37N5O4S.HI/c1-2-20-19(24-8-6-17(16-24)23-9-12-27-13-10-23)21-7-14-29(25,26)22-15-18-5-3-4-11-28-18;/h17-18,22H,2-16H2,1H3,(H,20,21);1H. The van der Waals surface area contributed by atoms with E-state index in [0.29, 0.717) is 12.6 Å². The van der Waals surface area contributed by atoms with Gasteiger partial charge in [-0.25, -0.2) is 13.1 Å². The van der Waals surface area contributed by atoms with Crippen LogP contribution in [0.3, 0.4) is 0 Å². The number of hydrogen-bond donors (Lipinski definition) is 2. The summed E-state index contributed by atoms with van der Waals surface area (Å²) in [6, 6.07) is 0.517. The lowest BCUT2D eigenvalue weighted by molar-refractivity contribution is 0.0194. The minimum Gasteiger partial charge on any atom is -0.379 e. The normalized spacial score (nSPS) is 26.4. The van der Waals surface area contributed by atoms with Gasteiger partial charge in [0.1, 0.15) is 0 Å². The van der Waals surface area contributed by atoms with E-state index >= 15 is 0 Å². The molecule has 0 aromatic heterocycles. The molecule has 2 unspecified atom stereocenters. The number of rotatable bonds is 8. The molecule has 11 heteroatoms. The summed E-state index contributed by atoms with van der Waals surface area (Å²) in [5.41, 5.74) is 0. The van der Waals surface area contributed by atoms with E-state index in [0.717, 1.165) is 84.2 Å². The van der Waals surface area contributed by atoms with Crippen LogP contribution >= 0.6 is 24.0 Å². The second-order valence-corrected chi connectivity index (χ2v) is 9.85. The van der Waals surface area contributed by atoms with E-state index in [1.54, 1.807) is 0 Å².